The molecule has 1 amide bonds. The number of carbonyl (C=O) groups excluding carboxylic acids is 1. The molecule has 3 rings (SSSR count). The van der Waals surface area contributed by atoms with Crippen LogP contribution in [0, 0.1) is 0 Å². The molecule has 0 aliphatic carbocycles. The summed E-state index contributed by atoms with van der Waals surface area (Å²) in [5.41, 5.74) is 2.99. The summed E-state index contributed by atoms with van der Waals surface area (Å²) in [6, 6.07) is 13.6. The van der Waals surface area contributed by atoms with Crippen LogP contribution in [0.25, 0.3) is 0 Å². The molecule has 7 nitrogen and oxygen atoms in total. The molecule has 0 fully saturated rings. The Hall–Kier alpha value is -3.22. The fourth-order valence-electron chi connectivity index (χ4n) is 3.30. The molecule has 29 heavy (non-hydrogen) atoms. The van der Waals surface area contributed by atoms with E-state index in [1.165, 1.54) is 5.56 Å². The van der Waals surface area contributed by atoms with Crippen LogP contribution in [0.3, 0.4) is 0 Å². The Balaban J connectivity index is 1.70. The molecule has 2 aromatic carbocycles. The van der Waals surface area contributed by atoms with Crippen LogP contribution in [0.2, 0.25) is 0 Å². The zero-order chi connectivity index (χ0) is 20.6. The van der Waals surface area contributed by atoms with Gasteiger partial charge in [0.2, 0.25) is 5.91 Å². The molecule has 1 aliphatic heterocycles. The first-order valence-electron chi connectivity index (χ1n) is 9.90. The summed E-state index contributed by atoms with van der Waals surface area (Å²) in [5, 5.41) is 6.40. The lowest BCUT2D eigenvalue weighted by molar-refractivity contribution is -0.117. The van der Waals surface area contributed by atoms with E-state index in [0.29, 0.717) is 37.2 Å². The molecule has 0 spiro atoms. The predicted octanol–water partition coefficient (Wildman–Crippen LogP) is 3.06. The van der Waals surface area contributed by atoms with Crippen LogP contribution in [0.15, 0.2) is 47.5 Å². The molecule has 1 heterocycles. The summed E-state index contributed by atoms with van der Waals surface area (Å²) >= 11 is 0. The number of hydrogen-bond donors (Lipinski definition) is 2. The van der Waals surface area contributed by atoms with E-state index in [1.54, 1.807) is 7.11 Å². The van der Waals surface area contributed by atoms with Crippen molar-refractivity contribution in [3.63, 3.8) is 0 Å². The molecular formula is C22H28N4O3. The van der Waals surface area contributed by atoms with E-state index in [-0.39, 0.29) is 12.5 Å². The Kier molecular flexibility index (Phi) is 6.94. The van der Waals surface area contributed by atoms with Crippen LogP contribution in [0.4, 0.5) is 11.4 Å². The minimum absolute atomic E-state index is 0.0168. The maximum Gasteiger partial charge on any atom is 0.248 e. The number of aliphatic imine (C=N–C) groups is 1. The number of amides is 1. The van der Waals surface area contributed by atoms with Crippen molar-refractivity contribution in [2.24, 2.45) is 4.99 Å². The van der Waals surface area contributed by atoms with Crippen molar-refractivity contribution < 1.29 is 14.3 Å². The molecule has 0 atom stereocenters. The third-order valence-corrected chi connectivity index (χ3v) is 4.63. The first-order chi connectivity index (χ1) is 14.2. The monoisotopic (exact) mass is 396 g/mol. The molecule has 0 aromatic heterocycles. The van der Waals surface area contributed by atoms with Gasteiger partial charge in [0.05, 0.1) is 13.7 Å². The van der Waals surface area contributed by atoms with Gasteiger partial charge >= 0.3 is 0 Å². The topological polar surface area (TPSA) is 75.2 Å². The number of ether oxygens (including phenoxy) is 2. The average molecular weight is 396 g/mol. The third-order valence-electron chi connectivity index (χ3n) is 4.63. The van der Waals surface area contributed by atoms with E-state index in [2.05, 4.69) is 21.7 Å². The van der Waals surface area contributed by atoms with Crippen LogP contribution in [-0.4, -0.2) is 45.2 Å². The van der Waals surface area contributed by atoms with E-state index in [4.69, 9.17) is 9.47 Å². The second-order valence-electron chi connectivity index (χ2n) is 6.54. The van der Waals surface area contributed by atoms with Crippen LogP contribution in [-0.2, 0) is 11.2 Å². The molecule has 2 aromatic rings. The third kappa shape index (κ3) is 4.99. The van der Waals surface area contributed by atoms with Crippen LogP contribution < -0.4 is 25.0 Å². The number of nitrogens with one attached hydrogen (secondary N) is 2. The molecule has 1 aliphatic rings. The molecular weight excluding hydrogens is 368 g/mol. The summed E-state index contributed by atoms with van der Waals surface area (Å²) in [5.74, 6) is 1.85. The number of hydrogen-bond acceptors (Lipinski definition) is 4. The molecule has 2 N–H and O–H groups in total. The smallest absolute Gasteiger partial charge is 0.248 e. The van der Waals surface area contributed by atoms with Crippen molar-refractivity contribution in [3.8, 4) is 11.5 Å². The van der Waals surface area contributed by atoms with Gasteiger partial charge in [-0.25, -0.2) is 4.99 Å². The van der Waals surface area contributed by atoms with Crippen molar-refractivity contribution in [1.82, 2.24) is 5.32 Å². The van der Waals surface area contributed by atoms with Gasteiger partial charge in [0.15, 0.2) is 17.5 Å². The van der Waals surface area contributed by atoms with Crippen molar-refractivity contribution in [3.05, 3.63) is 48.0 Å². The van der Waals surface area contributed by atoms with Crippen molar-refractivity contribution in [1.29, 1.82) is 0 Å². The Morgan fingerprint density at radius 2 is 2.00 bits per heavy atom. The maximum atomic E-state index is 12.7. The average Bonchev–Trinajstić information content (AvgIpc) is 3.17. The van der Waals surface area contributed by atoms with Gasteiger partial charge in [0, 0.05) is 30.5 Å². The quantitative estimate of drug-likeness (QED) is 0.556. The fraction of sp³-hybridized carbons (Fsp3) is 0.364. The summed E-state index contributed by atoms with van der Waals surface area (Å²) in [7, 11) is 1.61. The van der Waals surface area contributed by atoms with Gasteiger partial charge in [-0.3, -0.25) is 4.79 Å². The molecule has 154 valence electrons. The summed E-state index contributed by atoms with van der Waals surface area (Å²) in [6.07, 6.45) is 0.885. The number of fused-ring (bicyclic) bond motifs is 1. The number of para-hydroxylation sites is 1. The summed E-state index contributed by atoms with van der Waals surface area (Å²) in [4.78, 5) is 19.0. The number of anilines is 2. The zero-order valence-electron chi connectivity index (χ0n) is 17.2. The van der Waals surface area contributed by atoms with Gasteiger partial charge in [-0.1, -0.05) is 18.2 Å². The van der Waals surface area contributed by atoms with E-state index in [1.807, 2.05) is 55.1 Å². The van der Waals surface area contributed by atoms with Crippen LogP contribution >= 0.6 is 0 Å². The van der Waals surface area contributed by atoms with Crippen LogP contribution in [0.1, 0.15) is 19.4 Å². The van der Waals surface area contributed by atoms with Crippen molar-refractivity contribution in [2.45, 2.75) is 20.3 Å². The molecule has 0 bridgehead atoms. The summed E-state index contributed by atoms with van der Waals surface area (Å²) in [6.45, 7) is 5.90. The van der Waals surface area contributed by atoms with E-state index >= 15 is 0 Å². The highest BCUT2D eigenvalue weighted by molar-refractivity contribution is 6.00. The van der Waals surface area contributed by atoms with Crippen LogP contribution in [0.5, 0.6) is 11.5 Å². The molecule has 7 heteroatoms. The highest BCUT2D eigenvalue weighted by Gasteiger charge is 2.23. The zero-order valence-corrected chi connectivity index (χ0v) is 17.2. The Labute approximate surface area is 171 Å². The Morgan fingerprint density at radius 1 is 1.17 bits per heavy atom. The second-order valence-corrected chi connectivity index (χ2v) is 6.54. The van der Waals surface area contributed by atoms with Gasteiger partial charge < -0.3 is 25.0 Å². The minimum Gasteiger partial charge on any atom is -0.493 e. The van der Waals surface area contributed by atoms with Gasteiger partial charge in [-0.15, -0.1) is 0 Å². The number of carbonyl (C=O) groups is 1. The van der Waals surface area contributed by atoms with Gasteiger partial charge in [-0.2, -0.15) is 0 Å². The first-order valence-corrected chi connectivity index (χ1v) is 9.90. The standard InChI is InChI=1S/C22H28N4O3/c1-4-23-22(25-17-10-11-19(28-3)20(14-17)29-5-2)24-15-21(27)26-13-12-16-8-6-7-9-18(16)26/h6-11,14H,4-5,12-13,15H2,1-3H3,(H2,23,24,25). The number of rotatable bonds is 7. The van der Waals surface area contributed by atoms with Gasteiger partial charge in [-0.05, 0) is 44.0 Å². The van der Waals surface area contributed by atoms with E-state index < -0.39 is 0 Å². The highest BCUT2D eigenvalue weighted by Crippen LogP contribution is 2.30. The SMILES string of the molecule is CCNC(=NCC(=O)N1CCc2ccccc21)Nc1ccc(OC)c(OCC)c1. The largest absolute Gasteiger partial charge is 0.493 e. The number of benzene rings is 2. The Bertz CT molecular complexity index is 882. The number of nitrogens with zero attached hydrogens (tertiary/aromatic N) is 2. The van der Waals surface area contributed by atoms with Crippen molar-refractivity contribution >= 4 is 23.2 Å². The number of guanidine groups is 1. The lowest BCUT2D eigenvalue weighted by Crippen LogP contribution is -2.34. The Morgan fingerprint density at radius 3 is 2.76 bits per heavy atom. The van der Waals surface area contributed by atoms with E-state index in [9.17, 15) is 4.79 Å². The minimum atomic E-state index is -0.0168. The molecule has 0 saturated heterocycles. The lowest BCUT2D eigenvalue weighted by Gasteiger charge is -2.17. The molecule has 0 radical (unpaired) electrons. The lowest BCUT2D eigenvalue weighted by atomic mass is 10.2. The molecule has 0 unspecified atom stereocenters. The van der Waals surface area contributed by atoms with Gasteiger partial charge in [0.25, 0.3) is 0 Å². The van der Waals surface area contributed by atoms with E-state index in [0.717, 1.165) is 17.8 Å². The maximum absolute atomic E-state index is 12.7. The predicted molar refractivity (Wildman–Crippen MR) is 116 cm³/mol. The van der Waals surface area contributed by atoms with Crippen molar-refractivity contribution in [2.75, 3.05) is 43.6 Å². The second kappa shape index (κ2) is 9.82. The summed E-state index contributed by atoms with van der Waals surface area (Å²) < 4.78 is 10.9. The highest BCUT2D eigenvalue weighted by atomic mass is 16.5. The first kappa shape index (κ1) is 20.5. The normalized spacial score (nSPS) is 13.1. The van der Waals surface area contributed by atoms with Gasteiger partial charge in [0.1, 0.15) is 6.54 Å². The fourth-order valence-corrected chi connectivity index (χ4v) is 3.30. The molecule has 0 saturated carbocycles. The number of methoxy groups -OCH3 is 1.